The highest BCUT2D eigenvalue weighted by atomic mass is 19.1. The molecule has 2 heterocycles. The summed E-state index contributed by atoms with van der Waals surface area (Å²) >= 11 is 0. The molecule has 1 aromatic heterocycles. The van der Waals surface area contributed by atoms with Gasteiger partial charge in [0.25, 0.3) is 0 Å². The number of amides is 1. The molecule has 0 aliphatic carbocycles. The Morgan fingerprint density at radius 1 is 1.35 bits per heavy atom. The van der Waals surface area contributed by atoms with E-state index < -0.39 is 11.7 Å². The minimum Gasteiger partial charge on any atom is -0.444 e. The smallest absolute Gasteiger partial charge is 0.407 e. The number of rotatable bonds is 4. The van der Waals surface area contributed by atoms with Crippen LogP contribution in [0.15, 0.2) is 36.7 Å². The van der Waals surface area contributed by atoms with Crippen molar-refractivity contribution in [2.75, 3.05) is 18.0 Å². The monoisotopic (exact) mass is 360 g/mol. The molecule has 1 fully saturated rings. The summed E-state index contributed by atoms with van der Waals surface area (Å²) in [6, 6.07) is 6.83. The fourth-order valence-electron chi connectivity index (χ4n) is 3.00. The summed E-state index contributed by atoms with van der Waals surface area (Å²) in [4.78, 5) is 14.0. The molecule has 7 heteroatoms. The van der Waals surface area contributed by atoms with Gasteiger partial charge in [-0.2, -0.15) is 5.10 Å². The van der Waals surface area contributed by atoms with Crippen LogP contribution in [0.3, 0.4) is 0 Å². The van der Waals surface area contributed by atoms with Crippen LogP contribution in [0.4, 0.5) is 14.9 Å². The molecular weight excluding hydrogens is 335 g/mol. The minimum atomic E-state index is -0.512. The van der Waals surface area contributed by atoms with Crippen LogP contribution in [0.25, 0.3) is 0 Å². The molecule has 3 rings (SSSR count). The highest BCUT2D eigenvalue weighted by molar-refractivity contribution is 5.67. The van der Waals surface area contributed by atoms with E-state index in [0.29, 0.717) is 6.54 Å². The molecule has 0 saturated carbocycles. The normalized spacial score (nSPS) is 17.4. The fraction of sp³-hybridized carbons (Fsp3) is 0.474. The lowest BCUT2D eigenvalue weighted by Crippen LogP contribution is -2.32. The van der Waals surface area contributed by atoms with Crippen LogP contribution in [0, 0.1) is 5.82 Å². The number of ether oxygens (including phenoxy) is 1. The molecule has 1 aliphatic heterocycles. The predicted molar refractivity (Wildman–Crippen MR) is 97.6 cm³/mol. The maximum absolute atomic E-state index is 13.1. The lowest BCUT2D eigenvalue weighted by Gasteiger charge is -2.19. The van der Waals surface area contributed by atoms with Gasteiger partial charge < -0.3 is 15.0 Å². The molecule has 140 valence electrons. The Balaban J connectivity index is 1.53. The number of carbonyl (C=O) groups is 1. The van der Waals surface area contributed by atoms with Crippen molar-refractivity contribution in [1.29, 1.82) is 0 Å². The van der Waals surface area contributed by atoms with E-state index in [9.17, 15) is 9.18 Å². The number of carbonyl (C=O) groups excluding carboxylic acids is 1. The highest BCUT2D eigenvalue weighted by Crippen LogP contribution is 2.26. The summed E-state index contributed by atoms with van der Waals surface area (Å²) in [6.07, 6.45) is 4.25. The molecule has 1 aromatic carbocycles. The average Bonchev–Trinajstić information content (AvgIpc) is 3.21. The molecule has 1 amide bonds. The highest BCUT2D eigenvalue weighted by Gasteiger charge is 2.25. The molecule has 0 radical (unpaired) electrons. The van der Waals surface area contributed by atoms with E-state index in [-0.39, 0.29) is 11.9 Å². The quantitative estimate of drug-likeness (QED) is 0.907. The van der Waals surface area contributed by atoms with E-state index in [1.165, 1.54) is 12.1 Å². The topological polar surface area (TPSA) is 59.4 Å². The van der Waals surface area contributed by atoms with Crippen LogP contribution in [-0.4, -0.2) is 34.6 Å². The predicted octanol–water partition coefficient (Wildman–Crippen LogP) is 3.50. The zero-order valence-electron chi connectivity index (χ0n) is 15.4. The minimum absolute atomic E-state index is 0.223. The SMILES string of the molecule is CC(C)(C)OC(=O)NCc1cnn([C@H]2CCN(c3ccc(F)cc3)C2)c1. The van der Waals surface area contributed by atoms with E-state index in [1.807, 2.05) is 31.6 Å². The summed E-state index contributed by atoms with van der Waals surface area (Å²) in [6.45, 7) is 7.60. The van der Waals surface area contributed by atoms with Crippen molar-refractivity contribution in [3.8, 4) is 0 Å². The number of benzene rings is 1. The molecule has 1 atom stereocenters. The maximum atomic E-state index is 13.1. The number of anilines is 1. The van der Waals surface area contributed by atoms with Gasteiger partial charge in [-0.15, -0.1) is 0 Å². The Hall–Kier alpha value is -2.57. The molecule has 1 aliphatic rings. The van der Waals surface area contributed by atoms with Crippen LogP contribution in [0.5, 0.6) is 0 Å². The lowest BCUT2D eigenvalue weighted by atomic mass is 10.2. The van der Waals surface area contributed by atoms with Crippen LogP contribution in [0.2, 0.25) is 0 Å². The van der Waals surface area contributed by atoms with Crippen LogP contribution >= 0.6 is 0 Å². The number of halogens is 1. The first-order valence-corrected chi connectivity index (χ1v) is 8.80. The van der Waals surface area contributed by atoms with Crippen molar-refractivity contribution in [3.63, 3.8) is 0 Å². The Bertz CT molecular complexity index is 752. The van der Waals surface area contributed by atoms with Crippen LogP contribution in [-0.2, 0) is 11.3 Å². The number of nitrogens with one attached hydrogen (secondary N) is 1. The number of nitrogens with zero attached hydrogens (tertiary/aromatic N) is 3. The lowest BCUT2D eigenvalue weighted by molar-refractivity contribution is 0.0523. The number of alkyl carbamates (subject to hydrolysis) is 1. The second-order valence-corrected chi connectivity index (χ2v) is 7.55. The molecule has 1 N–H and O–H groups in total. The molecule has 2 aromatic rings. The first-order valence-electron chi connectivity index (χ1n) is 8.80. The van der Waals surface area contributed by atoms with Gasteiger partial charge in [-0.3, -0.25) is 4.68 Å². The molecule has 1 saturated heterocycles. The third kappa shape index (κ3) is 4.74. The third-order valence-corrected chi connectivity index (χ3v) is 4.22. The van der Waals surface area contributed by atoms with Gasteiger partial charge in [0.1, 0.15) is 11.4 Å². The van der Waals surface area contributed by atoms with Gasteiger partial charge in [-0.1, -0.05) is 0 Å². The second kappa shape index (κ2) is 7.35. The van der Waals surface area contributed by atoms with Crippen molar-refractivity contribution in [3.05, 3.63) is 48.0 Å². The van der Waals surface area contributed by atoms with Gasteiger partial charge in [0.2, 0.25) is 0 Å². The van der Waals surface area contributed by atoms with Gasteiger partial charge in [-0.05, 0) is 51.5 Å². The fourth-order valence-corrected chi connectivity index (χ4v) is 3.00. The van der Waals surface area contributed by atoms with E-state index in [0.717, 1.165) is 30.8 Å². The summed E-state index contributed by atoms with van der Waals surface area (Å²) in [5.74, 6) is -0.223. The van der Waals surface area contributed by atoms with E-state index in [1.54, 1.807) is 18.3 Å². The van der Waals surface area contributed by atoms with E-state index >= 15 is 0 Å². The van der Waals surface area contributed by atoms with Crippen molar-refractivity contribution < 1.29 is 13.9 Å². The summed E-state index contributed by atoms with van der Waals surface area (Å²) in [7, 11) is 0. The molecule has 0 spiro atoms. The van der Waals surface area contributed by atoms with Gasteiger partial charge in [0.05, 0.1) is 12.2 Å². The van der Waals surface area contributed by atoms with Crippen molar-refractivity contribution in [2.24, 2.45) is 0 Å². The first-order chi connectivity index (χ1) is 12.3. The zero-order valence-corrected chi connectivity index (χ0v) is 15.4. The summed E-state index contributed by atoms with van der Waals surface area (Å²) in [5, 5.41) is 7.17. The molecule has 0 unspecified atom stereocenters. The van der Waals surface area contributed by atoms with Crippen molar-refractivity contribution >= 4 is 11.8 Å². The standard InChI is InChI=1S/C19H25FN4O2/c1-19(2,3)26-18(25)21-10-14-11-22-24(12-14)17-8-9-23(13-17)16-6-4-15(20)5-7-16/h4-7,11-12,17H,8-10,13H2,1-3H3,(H,21,25)/t17-/m0/s1. The molecule has 0 bridgehead atoms. The maximum Gasteiger partial charge on any atom is 0.407 e. The van der Waals surface area contributed by atoms with Gasteiger partial charge in [-0.25, -0.2) is 9.18 Å². The molecule has 6 nitrogen and oxygen atoms in total. The third-order valence-electron chi connectivity index (χ3n) is 4.22. The van der Waals surface area contributed by atoms with Gasteiger partial charge >= 0.3 is 6.09 Å². The number of hydrogen-bond acceptors (Lipinski definition) is 4. The van der Waals surface area contributed by atoms with Crippen molar-refractivity contribution in [1.82, 2.24) is 15.1 Å². The number of aromatic nitrogens is 2. The van der Waals surface area contributed by atoms with E-state index in [4.69, 9.17) is 4.74 Å². The average molecular weight is 360 g/mol. The zero-order chi connectivity index (χ0) is 18.7. The largest absolute Gasteiger partial charge is 0.444 e. The Kier molecular flexibility index (Phi) is 5.15. The van der Waals surface area contributed by atoms with Crippen LogP contribution in [0.1, 0.15) is 38.8 Å². The van der Waals surface area contributed by atoms with Crippen LogP contribution < -0.4 is 10.2 Å². The summed E-state index contributed by atoms with van der Waals surface area (Å²) < 4.78 is 20.2. The molecular formula is C19H25FN4O2. The first kappa shape index (κ1) is 18.2. The Morgan fingerprint density at radius 2 is 2.08 bits per heavy atom. The van der Waals surface area contributed by atoms with E-state index in [2.05, 4.69) is 15.3 Å². The van der Waals surface area contributed by atoms with Gasteiger partial charge in [0, 0.05) is 37.1 Å². The van der Waals surface area contributed by atoms with Gasteiger partial charge in [0.15, 0.2) is 0 Å². The Morgan fingerprint density at radius 3 is 2.77 bits per heavy atom. The van der Waals surface area contributed by atoms with Crippen molar-refractivity contribution in [2.45, 2.75) is 45.4 Å². The summed E-state index contributed by atoms with van der Waals surface area (Å²) in [5.41, 5.74) is 1.44. The Labute approximate surface area is 152 Å². The number of hydrogen-bond donors (Lipinski definition) is 1. The second-order valence-electron chi connectivity index (χ2n) is 7.55. The molecule has 26 heavy (non-hydrogen) atoms.